The number of nitrogens with zero attached hydrogens (tertiary/aromatic N) is 2. The second-order valence-corrected chi connectivity index (χ2v) is 6.32. The van der Waals surface area contributed by atoms with Crippen molar-refractivity contribution in [3.05, 3.63) is 46.9 Å². The Labute approximate surface area is 134 Å². The molecule has 0 spiro atoms. The molecular weight excluding hydrogens is 296 g/mol. The van der Waals surface area contributed by atoms with Crippen LogP contribution in [-0.4, -0.2) is 35.5 Å². The second-order valence-electron chi connectivity index (χ2n) is 5.35. The average molecular weight is 316 g/mol. The number of hydrogen-bond donors (Lipinski definition) is 2. The molecule has 2 amide bonds. The van der Waals surface area contributed by atoms with E-state index in [0.717, 1.165) is 18.8 Å². The molecule has 0 bridgehead atoms. The first kappa shape index (κ1) is 15.0. The fraction of sp³-hybridized carbons (Fsp3) is 0.375. The summed E-state index contributed by atoms with van der Waals surface area (Å²) >= 11 is 1.75. The lowest BCUT2D eigenvalue weighted by Crippen LogP contribution is -2.38. The van der Waals surface area contributed by atoms with Crippen molar-refractivity contribution in [2.24, 2.45) is 0 Å². The lowest BCUT2D eigenvalue weighted by atomic mass is 10.2. The van der Waals surface area contributed by atoms with E-state index in [2.05, 4.69) is 38.0 Å². The van der Waals surface area contributed by atoms with Gasteiger partial charge in [-0.3, -0.25) is 9.88 Å². The summed E-state index contributed by atoms with van der Waals surface area (Å²) < 4.78 is 0. The van der Waals surface area contributed by atoms with Crippen LogP contribution in [0.5, 0.6) is 0 Å². The van der Waals surface area contributed by atoms with E-state index in [1.54, 1.807) is 35.9 Å². The predicted octanol–water partition coefficient (Wildman–Crippen LogP) is 3.10. The molecule has 5 nitrogen and oxygen atoms in total. The van der Waals surface area contributed by atoms with Crippen molar-refractivity contribution in [1.29, 1.82) is 0 Å². The number of hydrogen-bond acceptors (Lipinski definition) is 4. The van der Waals surface area contributed by atoms with Crippen molar-refractivity contribution >= 4 is 23.1 Å². The molecular formula is C16H20N4OS. The Morgan fingerprint density at radius 2 is 2.05 bits per heavy atom. The molecule has 2 aromatic heterocycles. The minimum Gasteiger partial charge on any atom is -0.336 e. The van der Waals surface area contributed by atoms with Gasteiger partial charge in [-0.2, -0.15) is 0 Å². The van der Waals surface area contributed by atoms with Gasteiger partial charge in [0.15, 0.2) is 0 Å². The minimum atomic E-state index is -0.174. The summed E-state index contributed by atoms with van der Waals surface area (Å²) in [6.07, 6.45) is 5.80. The Kier molecular flexibility index (Phi) is 5.03. The molecule has 6 heteroatoms. The van der Waals surface area contributed by atoms with E-state index in [1.165, 1.54) is 17.7 Å². The van der Waals surface area contributed by atoms with E-state index >= 15 is 0 Å². The number of likely N-dealkylation sites (tertiary alicyclic amines) is 1. The lowest BCUT2D eigenvalue weighted by molar-refractivity contribution is 0.229. The van der Waals surface area contributed by atoms with Gasteiger partial charge in [-0.15, -0.1) is 11.3 Å². The predicted molar refractivity (Wildman–Crippen MR) is 89.1 cm³/mol. The van der Waals surface area contributed by atoms with Crippen LogP contribution in [0, 0.1) is 0 Å². The first-order valence-corrected chi connectivity index (χ1v) is 8.43. The van der Waals surface area contributed by atoms with Crippen LogP contribution in [0.2, 0.25) is 0 Å². The number of thiophene rings is 1. The van der Waals surface area contributed by atoms with Crippen molar-refractivity contribution in [3.63, 3.8) is 0 Å². The number of carbonyl (C=O) groups is 1. The average Bonchev–Trinajstić information content (AvgIpc) is 3.22. The summed E-state index contributed by atoms with van der Waals surface area (Å²) in [6, 6.07) is 7.86. The van der Waals surface area contributed by atoms with Crippen LogP contribution in [0.15, 0.2) is 42.0 Å². The number of anilines is 1. The van der Waals surface area contributed by atoms with Gasteiger partial charge >= 0.3 is 6.03 Å². The van der Waals surface area contributed by atoms with Gasteiger partial charge in [-0.05, 0) is 49.5 Å². The number of urea groups is 1. The maximum atomic E-state index is 12.0. The number of rotatable bonds is 5. The van der Waals surface area contributed by atoms with Gasteiger partial charge in [0.25, 0.3) is 0 Å². The van der Waals surface area contributed by atoms with Crippen LogP contribution >= 0.6 is 11.3 Å². The molecule has 2 N–H and O–H groups in total. The number of carbonyl (C=O) groups excluding carboxylic acids is 1. The van der Waals surface area contributed by atoms with Crippen LogP contribution in [0.25, 0.3) is 0 Å². The lowest BCUT2D eigenvalue weighted by Gasteiger charge is -2.26. The molecule has 3 rings (SSSR count). The number of nitrogens with one attached hydrogen (secondary N) is 2. The molecule has 1 saturated heterocycles. The van der Waals surface area contributed by atoms with Gasteiger partial charge in [0.05, 0.1) is 6.04 Å². The maximum absolute atomic E-state index is 12.0. The third kappa shape index (κ3) is 3.84. The number of aromatic nitrogens is 1. The minimum absolute atomic E-state index is 0.174. The van der Waals surface area contributed by atoms with Crippen LogP contribution < -0.4 is 10.6 Å². The molecule has 0 aromatic carbocycles. The van der Waals surface area contributed by atoms with E-state index in [0.29, 0.717) is 6.54 Å². The van der Waals surface area contributed by atoms with Crippen molar-refractivity contribution < 1.29 is 4.79 Å². The molecule has 22 heavy (non-hydrogen) atoms. The quantitative estimate of drug-likeness (QED) is 0.891. The third-order valence-electron chi connectivity index (χ3n) is 3.85. The van der Waals surface area contributed by atoms with E-state index in [-0.39, 0.29) is 12.1 Å². The summed E-state index contributed by atoms with van der Waals surface area (Å²) in [4.78, 5) is 19.7. The molecule has 2 aromatic rings. The number of pyridine rings is 1. The smallest absolute Gasteiger partial charge is 0.319 e. The summed E-state index contributed by atoms with van der Waals surface area (Å²) in [5.41, 5.74) is 0.751. The third-order valence-corrected chi connectivity index (χ3v) is 4.82. The summed E-state index contributed by atoms with van der Waals surface area (Å²) in [5.74, 6) is 0. The second kappa shape index (κ2) is 7.38. The first-order chi connectivity index (χ1) is 10.8. The Hall–Kier alpha value is -1.92. The fourth-order valence-corrected chi connectivity index (χ4v) is 3.60. The number of amides is 2. The van der Waals surface area contributed by atoms with Gasteiger partial charge in [0.2, 0.25) is 0 Å². The van der Waals surface area contributed by atoms with E-state index in [4.69, 9.17) is 0 Å². The Bertz CT molecular complexity index is 581. The van der Waals surface area contributed by atoms with E-state index < -0.39 is 0 Å². The molecule has 0 radical (unpaired) electrons. The zero-order chi connectivity index (χ0) is 15.2. The molecule has 1 fully saturated rings. The van der Waals surface area contributed by atoms with Crippen LogP contribution in [-0.2, 0) is 0 Å². The van der Waals surface area contributed by atoms with Gasteiger partial charge in [0.1, 0.15) is 0 Å². The van der Waals surface area contributed by atoms with Gasteiger partial charge < -0.3 is 10.6 Å². The van der Waals surface area contributed by atoms with Crippen molar-refractivity contribution in [1.82, 2.24) is 15.2 Å². The molecule has 0 unspecified atom stereocenters. The van der Waals surface area contributed by atoms with Crippen molar-refractivity contribution in [3.8, 4) is 0 Å². The first-order valence-electron chi connectivity index (χ1n) is 7.55. The normalized spacial score (nSPS) is 16.4. The van der Waals surface area contributed by atoms with Gasteiger partial charge in [0, 0.05) is 29.5 Å². The van der Waals surface area contributed by atoms with Gasteiger partial charge in [-0.25, -0.2) is 4.79 Å². The monoisotopic (exact) mass is 316 g/mol. The molecule has 0 aliphatic carbocycles. The van der Waals surface area contributed by atoms with E-state index in [1.807, 2.05) is 0 Å². The maximum Gasteiger partial charge on any atom is 0.319 e. The topological polar surface area (TPSA) is 57.3 Å². The zero-order valence-corrected chi connectivity index (χ0v) is 13.2. The summed E-state index contributed by atoms with van der Waals surface area (Å²) in [7, 11) is 0. The molecule has 1 atom stereocenters. The zero-order valence-electron chi connectivity index (χ0n) is 12.4. The molecule has 0 saturated carbocycles. The van der Waals surface area contributed by atoms with Crippen molar-refractivity contribution in [2.45, 2.75) is 18.9 Å². The fourth-order valence-electron chi connectivity index (χ4n) is 2.74. The highest BCUT2D eigenvalue weighted by Gasteiger charge is 2.24. The Balaban J connectivity index is 1.58. The molecule has 1 aliphatic heterocycles. The highest BCUT2D eigenvalue weighted by Crippen LogP contribution is 2.27. The van der Waals surface area contributed by atoms with Crippen molar-refractivity contribution in [2.75, 3.05) is 25.0 Å². The summed E-state index contributed by atoms with van der Waals surface area (Å²) in [5, 5.41) is 7.91. The molecule has 116 valence electrons. The highest BCUT2D eigenvalue weighted by molar-refractivity contribution is 7.10. The molecule has 3 heterocycles. The highest BCUT2D eigenvalue weighted by atomic mass is 32.1. The SMILES string of the molecule is O=C(NC[C@@H](c1cccs1)N1CCCC1)Nc1ccncc1. The van der Waals surface area contributed by atoms with E-state index in [9.17, 15) is 4.79 Å². The Morgan fingerprint density at radius 1 is 1.27 bits per heavy atom. The van der Waals surface area contributed by atoms with Gasteiger partial charge in [-0.1, -0.05) is 6.07 Å². The Morgan fingerprint density at radius 3 is 2.73 bits per heavy atom. The standard InChI is InChI=1S/C16H20N4OS/c21-16(19-13-5-7-17-8-6-13)18-12-14(15-4-3-11-22-15)20-9-1-2-10-20/h3-8,11,14H,1-2,9-10,12H2,(H2,17,18,19,21)/t14-/m0/s1. The molecule has 1 aliphatic rings. The summed E-state index contributed by atoms with van der Waals surface area (Å²) in [6.45, 7) is 2.84. The van der Waals surface area contributed by atoms with Crippen LogP contribution in [0.4, 0.5) is 10.5 Å². The largest absolute Gasteiger partial charge is 0.336 e. The van der Waals surface area contributed by atoms with Crippen LogP contribution in [0.3, 0.4) is 0 Å². The van der Waals surface area contributed by atoms with Crippen LogP contribution in [0.1, 0.15) is 23.8 Å².